The SMILES string of the molecule is CCN(c1cccc(C)c1C)S(=O)(=O)c1ccc2ccccc2c1. The molecule has 0 aromatic heterocycles. The van der Waals surface area contributed by atoms with Gasteiger partial charge in [-0.15, -0.1) is 0 Å². The average Bonchev–Trinajstić information content (AvgIpc) is 2.58. The van der Waals surface area contributed by atoms with Crippen molar-refractivity contribution in [1.82, 2.24) is 0 Å². The zero-order valence-electron chi connectivity index (χ0n) is 14.2. The largest absolute Gasteiger partial charge is 0.266 e. The maximum atomic E-state index is 13.2. The van der Waals surface area contributed by atoms with Gasteiger partial charge in [0.25, 0.3) is 10.0 Å². The molecule has 0 aliphatic carbocycles. The zero-order valence-corrected chi connectivity index (χ0v) is 15.0. The minimum absolute atomic E-state index is 0.323. The molecule has 0 bridgehead atoms. The van der Waals surface area contributed by atoms with E-state index in [0.717, 1.165) is 27.6 Å². The number of rotatable bonds is 4. The lowest BCUT2D eigenvalue weighted by Gasteiger charge is -2.25. The van der Waals surface area contributed by atoms with E-state index in [1.807, 2.05) is 69.3 Å². The molecule has 124 valence electrons. The van der Waals surface area contributed by atoms with E-state index in [9.17, 15) is 8.42 Å². The predicted molar refractivity (Wildman–Crippen MR) is 100 cm³/mol. The minimum atomic E-state index is -3.60. The van der Waals surface area contributed by atoms with Gasteiger partial charge in [0.15, 0.2) is 0 Å². The first-order valence-corrected chi connectivity index (χ1v) is 9.47. The minimum Gasteiger partial charge on any atom is -0.266 e. The van der Waals surface area contributed by atoms with Gasteiger partial charge in [-0.05, 0) is 60.9 Å². The Kier molecular flexibility index (Phi) is 4.33. The molecule has 0 atom stereocenters. The number of hydrogen-bond acceptors (Lipinski definition) is 2. The van der Waals surface area contributed by atoms with E-state index >= 15 is 0 Å². The fraction of sp³-hybridized carbons (Fsp3) is 0.200. The van der Waals surface area contributed by atoms with Crippen LogP contribution in [0.1, 0.15) is 18.1 Å². The molecule has 0 saturated heterocycles. The first-order chi connectivity index (χ1) is 11.4. The van der Waals surface area contributed by atoms with Crippen LogP contribution in [-0.4, -0.2) is 15.0 Å². The summed E-state index contributed by atoms with van der Waals surface area (Å²) in [6, 6.07) is 18.8. The molecule has 0 spiro atoms. The molecule has 3 aromatic carbocycles. The van der Waals surface area contributed by atoms with E-state index < -0.39 is 10.0 Å². The highest BCUT2D eigenvalue weighted by atomic mass is 32.2. The third-order valence-corrected chi connectivity index (χ3v) is 6.33. The lowest BCUT2D eigenvalue weighted by Crippen LogP contribution is -2.31. The van der Waals surface area contributed by atoms with Crippen molar-refractivity contribution in [2.45, 2.75) is 25.7 Å². The van der Waals surface area contributed by atoms with Crippen LogP contribution in [0.25, 0.3) is 10.8 Å². The smallest absolute Gasteiger partial charge is 0.264 e. The summed E-state index contributed by atoms with van der Waals surface area (Å²) in [5.74, 6) is 0. The molecule has 4 heteroatoms. The standard InChI is InChI=1S/C20H21NO2S/c1-4-21(20-11-7-8-15(2)16(20)3)24(22,23)19-13-12-17-9-5-6-10-18(17)14-19/h5-14H,4H2,1-3H3. The van der Waals surface area contributed by atoms with Crippen molar-refractivity contribution in [3.63, 3.8) is 0 Å². The summed E-state index contributed by atoms with van der Waals surface area (Å²) in [5, 5.41) is 1.96. The highest BCUT2D eigenvalue weighted by Gasteiger charge is 2.25. The van der Waals surface area contributed by atoms with Gasteiger partial charge in [-0.25, -0.2) is 8.42 Å². The number of anilines is 1. The lowest BCUT2D eigenvalue weighted by molar-refractivity contribution is 0.592. The summed E-state index contributed by atoms with van der Waals surface area (Å²) < 4.78 is 27.9. The average molecular weight is 339 g/mol. The fourth-order valence-electron chi connectivity index (χ4n) is 2.93. The Bertz CT molecular complexity index is 993. The molecule has 0 fully saturated rings. The number of aryl methyl sites for hydroxylation is 1. The topological polar surface area (TPSA) is 37.4 Å². The highest BCUT2D eigenvalue weighted by Crippen LogP contribution is 2.29. The van der Waals surface area contributed by atoms with Crippen LogP contribution in [0.2, 0.25) is 0 Å². The number of benzene rings is 3. The van der Waals surface area contributed by atoms with Gasteiger partial charge in [0.1, 0.15) is 0 Å². The van der Waals surface area contributed by atoms with Crippen molar-refractivity contribution in [1.29, 1.82) is 0 Å². The molecule has 0 amide bonds. The van der Waals surface area contributed by atoms with Crippen molar-refractivity contribution >= 4 is 26.5 Å². The Morgan fingerprint density at radius 3 is 2.29 bits per heavy atom. The van der Waals surface area contributed by atoms with Crippen LogP contribution in [0.3, 0.4) is 0 Å². The molecule has 3 rings (SSSR count). The van der Waals surface area contributed by atoms with Gasteiger partial charge in [-0.2, -0.15) is 0 Å². The normalized spacial score (nSPS) is 11.6. The molecule has 24 heavy (non-hydrogen) atoms. The van der Waals surface area contributed by atoms with Gasteiger partial charge in [-0.3, -0.25) is 4.31 Å². The maximum absolute atomic E-state index is 13.2. The van der Waals surface area contributed by atoms with Gasteiger partial charge < -0.3 is 0 Å². The first-order valence-electron chi connectivity index (χ1n) is 8.03. The third-order valence-electron chi connectivity index (χ3n) is 4.44. The Balaban J connectivity index is 2.14. The van der Waals surface area contributed by atoms with Crippen molar-refractivity contribution in [2.75, 3.05) is 10.8 Å². The Labute approximate surface area is 143 Å². The summed E-state index contributed by atoms with van der Waals surface area (Å²) in [5.41, 5.74) is 2.81. The number of nitrogens with zero attached hydrogens (tertiary/aromatic N) is 1. The van der Waals surface area contributed by atoms with Gasteiger partial charge in [-0.1, -0.05) is 42.5 Å². The van der Waals surface area contributed by atoms with Gasteiger partial charge in [0.05, 0.1) is 10.6 Å². The van der Waals surface area contributed by atoms with Crippen LogP contribution in [0, 0.1) is 13.8 Å². The van der Waals surface area contributed by atoms with Crippen molar-refractivity contribution in [2.24, 2.45) is 0 Å². The van der Waals surface area contributed by atoms with Crippen LogP contribution < -0.4 is 4.31 Å². The van der Waals surface area contributed by atoms with Crippen LogP contribution in [0.5, 0.6) is 0 Å². The van der Waals surface area contributed by atoms with Crippen LogP contribution in [0.15, 0.2) is 65.6 Å². The Morgan fingerprint density at radius 1 is 0.875 bits per heavy atom. The zero-order chi connectivity index (χ0) is 17.3. The second kappa shape index (κ2) is 6.29. The molecule has 0 N–H and O–H groups in total. The van der Waals surface area contributed by atoms with Crippen molar-refractivity contribution < 1.29 is 8.42 Å². The van der Waals surface area contributed by atoms with Crippen molar-refractivity contribution in [3.05, 3.63) is 71.8 Å². The summed E-state index contributed by atoms with van der Waals surface area (Å²) in [6.07, 6.45) is 0. The van der Waals surface area contributed by atoms with Crippen LogP contribution in [-0.2, 0) is 10.0 Å². The molecule has 0 heterocycles. The lowest BCUT2D eigenvalue weighted by atomic mass is 10.1. The van der Waals surface area contributed by atoms with Gasteiger partial charge in [0, 0.05) is 6.54 Å². The van der Waals surface area contributed by atoms with E-state index in [0.29, 0.717) is 11.4 Å². The number of hydrogen-bond donors (Lipinski definition) is 0. The summed E-state index contributed by atoms with van der Waals surface area (Å²) in [7, 11) is -3.60. The van der Waals surface area contributed by atoms with Crippen LogP contribution >= 0.6 is 0 Å². The number of fused-ring (bicyclic) bond motifs is 1. The van der Waals surface area contributed by atoms with Crippen molar-refractivity contribution in [3.8, 4) is 0 Å². The van der Waals surface area contributed by atoms with Gasteiger partial charge in [0.2, 0.25) is 0 Å². The molecule has 0 aliphatic rings. The molecule has 0 aliphatic heterocycles. The monoisotopic (exact) mass is 339 g/mol. The predicted octanol–water partition coefficient (Wildman–Crippen LogP) is 4.67. The molecule has 0 saturated carbocycles. The molecular formula is C20H21NO2S. The second-order valence-electron chi connectivity index (χ2n) is 5.90. The Morgan fingerprint density at radius 2 is 1.58 bits per heavy atom. The van der Waals surface area contributed by atoms with Crippen LogP contribution in [0.4, 0.5) is 5.69 Å². The van der Waals surface area contributed by atoms with E-state index in [1.165, 1.54) is 4.31 Å². The molecule has 0 radical (unpaired) electrons. The maximum Gasteiger partial charge on any atom is 0.264 e. The molecule has 0 unspecified atom stereocenters. The van der Waals surface area contributed by atoms with E-state index in [-0.39, 0.29) is 0 Å². The van der Waals surface area contributed by atoms with E-state index in [1.54, 1.807) is 12.1 Å². The summed E-state index contributed by atoms with van der Waals surface area (Å²) >= 11 is 0. The van der Waals surface area contributed by atoms with E-state index in [2.05, 4.69) is 0 Å². The highest BCUT2D eigenvalue weighted by molar-refractivity contribution is 7.92. The summed E-state index contributed by atoms with van der Waals surface area (Å²) in [4.78, 5) is 0.323. The molecule has 3 nitrogen and oxygen atoms in total. The fourth-order valence-corrected chi connectivity index (χ4v) is 4.50. The molecule has 3 aromatic rings. The second-order valence-corrected chi connectivity index (χ2v) is 7.76. The molecular weight excluding hydrogens is 318 g/mol. The van der Waals surface area contributed by atoms with Gasteiger partial charge >= 0.3 is 0 Å². The number of sulfonamides is 1. The third kappa shape index (κ3) is 2.78. The Hall–Kier alpha value is -2.33. The first kappa shape index (κ1) is 16.5. The quantitative estimate of drug-likeness (QED) is 0.692. The summed E-state index contributed by atoms with van der Waals surface area (Å²) in [6.45, 7) is 6.21. The van der Waals surface area contributed by atoms with E-state index in [4.69, 9.17) is 0 Å².